The van der Waals surface area contributed by atoms with Crippen molar-refractivity contribution in [1.29, 1.82) is 0 Å². The van der Waals surface area contributed by atoms with E-state index in [0.717, 1.165) is 29.1 Å². The standard InChI is InChI=1S/C19H27N3O4/c1-12-9-15(14(3)22(12)13(2)11-26-4)16(23)10-21-17(24)19(20-18(21)25)7-5-6-8-19/h9,13H,5-8,10-11H2,1-4H3,(H,20,25). The highest BCUT2D eigenvalue weighted by atomic mass is 16.5. The van der Waals surface area contributed by atoms with Gasteiger partial charge >= 0.3 is 6.03 Å². The van der Waals surface area contributed by atoms with Crippen molar-refractivity contribution < 1.29 is 19.1 Å². The number of nitrogens with one attached hydrogen (secondary N) is 1. The molecule has 2 fully saturated rings. The third-order valence-corrected chi connectivity index (χ3v) is 5.64. The lowest BCUT2D eigenvalue weighted by Crippen LogP contribution is -2.44. The number of ether oxygens (including phenoxy) is 1. The SMILES string of the molecule is COCC(C)n1c(C)cc(C(=O)CN2C(=O)NC3(CCCC3)C2=O)c1C. The van der Waals surface area contributed by atoms with Crippen LogP contribution in [0.3, 0.4) is 0 Å². The molecule has 1 saturated heterocycles. The van der Waals surface area contributed by atoms with Crippen LogP contribution in [-0.2, 0) is 9.53 Å². The average Bonchev–Trinajstić information content (AvgIpc) is 3.22. The number of methoxy groups -OCH3 is 1. The molecule has 0 aromatic carbocycles. The zero-order chi connectivity index (χ0) is 19.1. The quantitative estimate of drug-likeness (QED) is 0.623. The van der Waals surface area contributed by atoms with Crippen LogP contribution in [0.15, 0.2) is 6.07 Å². The van der Waals surface area contributed by atoms with E-state index in [4.69, 9.17) is 4.74 Å². The second-order valence-corrected chi connectivity index (χ2v) is 7.49. The maximum absolute atomic E-state index is 12.8. The van der Waals surface area contributed by atoms with Crippen molar-refractivity contribution in [2.24, 2.45) is 0 Å². The minimum Gasteiger partial charge on any atom is -0.383 e. The normalized spacial score (nSPS) is 20.1. The minimum atomic E-state index is -0.777. The smallest absolute Gasteiger partial charge is 0.325 e. The molecule has 1 spiro atoms. The van der Waals surface area contributed by atoms with Gasteiger partial charge in [-0.25, -0.2) is 4.79 Å². The number of aromatic nitrogens is 1. The van der Waals surface area contributed by atoms with Gasteiger partial charge in [-0.3, -0.25) is 14.5 Å². The number of hydrogen-bond donors (Lipinski definition) is 1. The summed E-state index contributed by atoms with van der Waals surface area (Å²) in [6.45, 7) is 6.18. The summed E-state index contributed by atoms with van der Waals surface area (Å²) in [5, 5.41) is 2.82. The third kappa shape index (κ3) is 2.94. The second kappa shape index (κ2) is 6.87. The molecule has 2 aliphatic rings. The summed E-state index contributed by atoms with van der Waals surface area (Å²) in [5.74, 6) is -0.470. The van der Waals surface area contributed by atoms with Crippen LogP contribution < -0.4 is 5.32 Å². The lowest BCUT2D eigenvalue weighted by atomic mass is 9.98. The van der Waals surface area contributed by atoms with E-state index in [9.17, 15) is 14.4 Å². The van der Waals surface area contributed by atoms with E-state index in [1.165, 1.54) is 0 Å². The van der Waals surface area contributed by atoms with Crippen LogP contribution in [0.25, 0.3) is 0 Å². The van der Waals surface area contributed by atoms with Gasteiger partial charge in [0, 0.05) is 24.1 Å². The molecule has 1 N–H and O–H groups in total. The molecule has 3 rings (SSSR count). The molecule has 26 heavy (non-hydrogen) atoms. The number of hydrogen-bond acceptors (Lipinski definition) is 4. The van der Waals surface area contributed by atoms with Gasteiger partial charge in [0.05, 0.1) is 19.2 Å². The fourth-order valence-corrected chi connectivity index (χ4v) is 4.42. The van der Waals surface area contributed by atoms with E-state index in [0.29, 0.717) is 25.0 Å². The van der Waals surface area contributed by atoms with E-state index in [1.54, 1.807) is 7.11 Å². The van der Waals surface area contributed by atoms with Crippen LogP contribution in [-0.4, -0.2) is 53.0 Å². The largest absolute Gasteiger partial charge is 0.383 e. The fourth-order valence-electron chi connectivity index (χ4n) is 4.42. The third-order valence-electron chi connectivity index (χ3n) is 5.64. The van der Waals surface area contributed by atoms with Gasteiger partial charge in [-0.05, 0) is 39.7 Å². The van der Waals surface area contributed by atoms with Gasteiger partial charge in [0.15, 0.2) is 5.78 Å². The number of carbonyl (C=O) groups is 3. The number of aryl methyl sites for hydroxylation is 1. The molecular formula is C19H27N3O4. The molecule has 1 aromatic rings. The van der Waals surface area contributed by atoms with E-state index in [-0.39, 0.29) is 24.3 Å². The number of imide groups is 1. The van der Waals surface area contributed by atoms with Gasteiger partial charge in [0.1, 0.15) is 5.54 Å². The molecule has 1 unspecified atom stereocenters. The Morgan fingerprint density at radius 2 is 1.96 bits per heavy atom. The molecule has 1 aliphatic heterocycles. The van der Waals surface area contributed by atoms with Crippen molar-refractivity contribution in [3.8, 4) is 0 Å². The van der Waals surface area contributed by atoms with Gasteiger partial charge in [0.2, 0.25) is 0 Å². The van der Waals surface area contributed by atoms with Gasteiger partial charge in [-0.15, -0.1) is 0 Å². The monoisotopic (exact) mass is 361 g/mol. The topological polar surface area (TPSA) is 80.6 Å². The maximum atomic E-state index is 12.8. The lowest BCUT2D eigenvalue weighted by molar-refractivity contribution is -0.130. The van der Waals surface area contributed by atoms with Crippen molar-refractivity contribution in [1.82, 2.24) is 14.8 Å². The molecule has 7 nitrogen and oxygen atoms in total. The van der Waals surface area contributed by atoms with Crippen molar-refractivity contribution in [2.75, 3.05) is 20.3 Å². The molecule has 0 radical (unpaired) electrons. The van der Waals surface area contributed by atoms with Gasteiger partial charge in [-0.2, -0.15) is 0 Å². The highest BCUT2D eigenvalue weighted by Crippen LogP contribution is 2.35. The Morgan fingerprint density at radius 1 is 1.31 bits per heavy atom. The Morgan fingerprint density at radius 3 is 2.58 bits per heavy atom. The van der Waals surface area contributed by atoms with Crippen LogP contribution in [0.4, 0.5) is 4.79 Å². The molecule has 7 heteroatoms. The number of nitrogens with zero attached hydrogens (tertiary/aromatic N) is 2. The molecule has 2 heterocycles. The van der Waals surface area contributed by atoms with Crippen molar-refractivity contribution in [3.05, 3.63) is 23.0 Å². The summed E-state index contributed by atoms with van der Waals surface area (Å²) in [4.78, 5) is 38.9. The minimum absolute atomic E-state index is 0.0972. The number of amides is 3. The molecule has 142 valence electrons. The van der Waals surface area contributed by atoms with Crippen LogP contribution in [0.1, 0.15) is 60.4 Å². The summed E-state index contributed by atoms with van der Waals surface area (Å²) in [6, 6.07) is 1.47. The summed E-state index contributed by atoms with van der Waals surface area (Å²) < 4.78 is 7.27. The molecule has 3 amide bonds. The number of urea groups is 1. The van der Waals surface area contributed by atoms with Gasteiger partial charge < -0.3 is 14.6 Å². The first kappa shape index (κ1) is 18.6. The predicted molar refractivity (Wildman–Crippen MR) is 96.3 cm³/mol. The van der Waals surface area contributed by atoms with Crippen LogP contribution >= 0.6 is 0 Å². The Kier molecular flexibility index (Phi) is 4.92. The fraction of sp³-hybridized carbons (Fsp3) is 0.632. The molecule has 0 bridgehead atoms. The maximum Gasteiger partial charge on any atom is 0.325 e. The summed E-state index contributed by atoms with van der Waals surface area (Å²) in [5.41, 5.74) is 1.57. The van der Waals surface area contributed by atoms with Crippen molar-refractivity contribution >= 4 is 17.7 Å². The van der Waals surface area contributed by atoms with E-state index < -0.39 is 11.6 Å². The Balaban J connectivity index is 1.80. The number of Topliss-reactive ketones (excluding diaryl/α,β-unsaturated/α-hetero) is 1. The Bertz CT molecular complexity index is 746. The van der Waals surface area contributed by atoms with E-state index >= 15 is 0 Å². The molecule has 1 aliphatic carbocycles. The first-order valence-electron chi connectivity index (χ1n) is 9.15. The second-order valence-electron chi connectivity index (χ2n) is 7.49. The lowest BCUT2D eigenvalue weighted by Gasteiger charge is -2.20. The number of rotatable bonds is 6. The van der Waals surface area contributed by atoms with Crippen molar-refractivity contribution in [3.63, 3.8) is 0 Å². The predicted octanol–water partition coefficient (Wildman–Crippen LogP) is 2.36. The first-order chi connectivity index (χ1) is 12.3. The molecule has 1 saturated carbocycles. The average molecular weight is 361 g/mol. The molecular weight excluding hydrogens is 334 g/mol. The van der Waals surface area contributed by atoms with Crippen molar-refractivity contribution in [2.45, 2.75) is 58.0 Å². The molecule has 1 atom stereocenters. The van der Waals surface area contributed by atoms with Gasteiger partial charge in [0.25, 0.3) is 5.91 Å². The zero-order valence-electron chi connectivity index (χ0n) is 15.9. The number of ketones is 1. The molecule has 1 aromatic heterocycles. The zero-order valence-corrected chi connectivity index (χ0v) is 15.9. The van der Waals surface area contributed by atoms with E-state index in [1.807, 2.05) is 26.8 Å². The van der Waals surface area contributed by atoms with Crippen LogP contribution in [0.5, 0.6) is 0 Å². The Hall–Kier alpha value is -2.15. The summed E-state index contributed by atoms with van der Waals surface area (Å²) >= 11 is 0. The van der Waals surface area contributed by atoms with E-state index in [2.05, 4.69) is 9.88 Å². The highest BCUT2D eigenvalue weighted by Gasteiger charge is 2.52. The van der Waals surface area contributed by atoms with Crippen LogP contribution in [0, 0.1) is 13.8 Å². The Labute approximate surface area is 153 Å². The van der Waals surface area contributed by atoms with Crippen LogP contribution in [0.2, 0.25) is 0 Å². The highest BCUT2D eigenvalue weighted by molar-refractivity contribution is 6.11. The summed E-state index contributed by atoms with van der Waals surface area (Å²) in [7, 11) is 1.65. The van der Waals surface area contributed by atoms with Gasteiger partial charge in [-0.1, -0.05) is 12.8 Å². The summed E-state index contributed by atoms with van der Waals surface area (Å²) in [6.07, 6.45) is 3.16. The number of carbonyl (C=O) groups excluding carboxylic acids is 3. The first-order valence-corrected chi connectivity index (χ1v) is 9.15.